The van der Waals surface area contributed by atoms with Crippen LogP contribution in [0.25, 0.3) is 0 Å². The highest BCUT2D eigenvalue weighted by Crippen LogP contribution is 2.23. The minimum absolute atomic E-state index is 1.22. The summed E-state index contributed by atoms with van der Waals surface area (Å²) in [7, 11) is 0. The largest absolute Gasteiger partial charge is 0.445 e. The number of hydrogen-bond acceptors (Lipinski definition) is 4. The molecule has 0 aromatic carbocycles. The third-order valence-corrected chi connectivity index (χ3v) is 1.00. The topological polar surface area (TPSA) is 105 Å². The Balaban J connectivity index is 4.26. The van der Waals surface area contributed by atoms with Crippen molar-refractivity contribution >= 4 is 12.2 Å². The summed E-state index contributed by atoms with van der Waals surface area (Å²) in [5.41, 5.74) is 8.78. The number of nitrogens with two attached hydrogens (primary N) is 2. The van der Waals surface area contributed by atoms with Gasteiger partial charge in [0, 0.05) is 0 Å². The van der Waals surface area contributed by atoms with Crippen molar-refractivity contribution in [1.29, 1.82) is 0 Å². The molecule has 0 heterocycles. The molecular formula is C5H7F3N2O4. The highest BCUT2D eigenvalue weighted by Gasteiger charge is 2.43. The van der Waals surface area contributed by atoms with Gasteiger partial charge in [-0.3, -0.25) is 0 Å². The number of amides is 2. The summed E-state index contributed by atoms with van der Waals surface area (Å²) >= 11 is 0. The smallest absolute Gasteiger partial charge is 0.429 e. The maximum Gasteiger partial charge on any atom is 0.429 e. The molecule has 0 aliphatic carbocycles. The number of rotatable bonds is 3. The van der Waals surface area contributed by atoms with E-state index in [1.54, 1.807) is 0 Å². The van der Waals surface area contributed by atoms with E-state index in [4.69, 9.17) is 0 Å². The fourth-order valence-electron chi connectivity index (χ4n) is 0.493. The van der Waals surface area contributed by atoms with Crippen LogP contribution in [-0.4, -0.2) is 31.1 Å². The van der Waals surface area contributed by atoms with E-state index in [0.29, 0.717) is 0 Å². The summed E-state index contributed by atoms with van der Waals surface area (Å²) in [4.78, 5) is 20.0. The summed E-state index contributed by atoms with van der Waals surface area (Å²) in [5, 5.41) is 0. The van der Waals surface area contributed by atoms with Crippen LogP contribution in [0.2, 0.25) is 0 Å². The second-order valence-electron chi connectivity index (χ2n) is 2.10. The summed E-state index contributed by atoms with van der Waals surface area (Å²) in [6.45, 7) is -1.22. The Morgan fingerprint density at radius 2 is 1.71 bits per heavy atom. The number of carbonyl (C=O) groups is 2. The van der Waals surface area contributed by atoms with Gasteiger partial charge in [0.2, 0.25) is 6.10 Å². The fourth-order valence-corrected chi connectivity index (χ4v) is 0.493. The molecule has 14 heavy (non-hydrogen) atoms. The average Bonchev–Trinajstić information content (AvgIpc) is 1.94. The molecule has 0 aliphatic heterocycles. The van der Waals surface area contributed by atoms with Gasteiger partial charge >= 0.3 is 18.4 Å². The fraction of sp³-hybridized carbons (Fsp3) is 0.600. The molecule has 0 spiro atoms. The van der Waals surface area contributed by atoms with Gasteiger partial charge in [-0.15, -0.1) is 0 Å². The van der Waals surface area contributed by atoms with Crippen molar-refractivity contribution in [3.63, 3.8) is 0 Å². The van der Waals surface area contributed by atoms with Gasteiger partial charge in [0.15, 0.2) is 0 Å². The Labute approximate surface area is 75.9 Å². The van der Waals surface area contributed by atoms with Crippen LogP contribution >= 0.6 is 0 Å². The third kappa shape index (κ3) is 5.06. The van der Waals surface area contributed by atoms with E-state index in [9.17, 15) is 22.8 Å². The predicted molar refractivity (Wildman–Crippen MR) is 36.0 cm³/mol. The summed E-state index contributed by atoms with van der Waals surface area (Å²) in [5.74, 6) is 0. The lowest BCUT2D eigenvalue weighted by atomic mass is 10.4. The lowest BCUT2D eigenvalue weighted by Crippen LogP contribution is -2.40. The molecule has 0 radical (unpaired) electrons. The molecule has 1 atom stereocenters. The Kier molecular flexibility index (Phi) is 3.99. The molecule has 0 bridgehead atoms. The third-order valence-electron chi connectivity index (χ3n) is 1.00. The van der Waals surface area contributed by atoms with Crippen molar-refractivity contribution < 1.29 is 32.2 Å². The average molecular weight is 216 g/mol. The second-order valence-corrected chi connectivity index (χ2v) is 2.10. The van der Waals surface area contributed by atoms with Crippen molar-refractivity contribution in [3.8, 4) is 0 Å². The van der Waals surface area contributed by atoms with Crippen molar-refractivity contribution in [2.75, 3.05) is 6.61 Å². The first-order valence-corrected chi connectivity index (χ1v) is 3.18. The zero-order valence-electron chi connectivity index (χ0n) is 6.71. The molecule has 2 amide bonds. The van der Waals surface area contributed by atoms with Gasteiger partial charge in [0.05, 0.1) is 0 Å². The van der Waals surface area contributed by atoms with Crippen LogP contribution < -0.4 is 11.5 Å². The molecule has 6 nitrogen and oxygen atoms in total. The normalized spacial score (nSPS) is 13.1. The van der Waals surface area contributed by atoms with Gasteiger partial charge in [0.1, 0.15) is 6.61 Å². The number of ether oxygens (including phenoxy) is 2. The molecule has 0 aromatic rings. The first kappa shape index (κ1) is 12.3. The maximum absolute atomic E-state index is 12.0. The van der Waals surface area contributed by atoms with Gasteiger partial charge in [-0.2, -0.15) is 13.2 Å². The Morgan fingerprint density at radius 1 is 1.21 bits per heavy atom. The Hall–Kier alpha value is -1.67. The SMILES string of the molecule is NC(=O)OCC(OC(N)=O)C(F)(F)F. The van der Waals surface area contributed by atoms with Crippen molar-refractivity contribution in [1.82, 2.24) is 0 Å². The summed E-state index contributed by atoms with van der Waals surface area (Å²) < 4.78 is 43.4. The molecular weight excluding hydrogens is 209 g/mol. The molecule has 4 N–H and O–H groups in total. The number of hydrogen-bond donors (Lipinski definition) is 2. The lowest BCUT2D eigenvalue weighted by Gasteiger charge is -2.18. The maximum atomic E-state index is 12.0. The number of primary amides is 2. The minimum Gasteiger partial charge on any atom is -0.445 e. The molecule has 0 saturated carbocycles. The van der Waals surface area contributed by atoms with Gasteiger partial charge in [-0.25, -0.2) is 9.59 Å². The van der Waals surface area contributed by atoms with Crippen molar-refractivity contribution in [3.05, 3.63) is 0 Å². The lowest BCUT2D eigenvalue weighted by molar-refractivity contribution is -0.211. The zero-order chi connectivity index (χ0) is 11.4. The highest BCUT2D eigenvalue weighted by atomic mass is 19.4. The van der Waals surface area contributed by atoms with Crippen molar-refractivity contribution in [2.24, 2.45) is 11.5 Å². The summed E-state index contributed by atoms with van der Waals surface area (Å²) in [6.07, 6.45) is -10.5. The van der Waals surface area contributed by atoms with E-state index in [-0.39, 0.29) is 0 Å². The zero-order valence-corrected chi connectivity index (χ0v) is 6.71. The molecule has 0 saturated heterocycles. The first-order chi connectivity index (χ1) is 6.23. The summed E-state index contributed by atoms with van der Waals surface area (Å²) in [6, 6.07) is 0. The van der Waals surface area contributed by atoms with E-state index in [1.165, 1.54) is 0 Å². The number of alkyl halides is 3. The monoisotopic (exact) mass is 216 g/mol. The molecule has 0 aromatic heterocycles. The first-order valence-electron chi connectivity index (χ1n) is 3.18. The van der Waals surface area contributed by atoms with Gasteiger partial charge in [0.25, 0.3) is 0 Å². The van der Waals surface area contributed by atoms with E-state index in [1.807, 2.05) is 0 Å². The van der Waals surface area contributed by atoms with Crippen LogP contribution in [0.5, 0.6) is 0 Å². The van der Waals surface area contributed by atoms with E-state index >= 15 is 0 Å². The highest BCUT2D eigenvalue weighted by molar-refractivity contribution is 5.65. The second kappa shape index (κ2) is 4.53. The molecule has 82 valence electrons. The van der Waals surface area contributed by atoms with Gasteiger partial charge in [-0.1, -0.05) is 0 Å². The van der Waals surface area contributed by atoms with Crippen LogP contribution in [0.3, 0.4) is 0 Å². The van der Waals surface area contributed by atoms with Crippen LogP contribution in [-0.2, 0) is 9.47 Å². The van der Waals surface area contributed by atoms with Crippen LogP contribution in [0.15, 0.2) is 0 Å². The van der Waals surface area contributed by atoms with Crippen molar-refractivity contribution in [2.45, 2.75) is 12.3 Å². The Morgan fingerprint density at radius 3 is 2.00 bits per heavy atom. The molecule has 0 rings (SSSR count). The molecule has 1 unspecified atom stereocenters. The van der Waals surface area contributed by atoms with Gasteiger partial charge in [-0.05, 0) is 0 Å². The predicted octanol–water partition coefficient (Wildman–Crippen LogP) is 0.108. The van der Waals surface area contributed by atoms with Crippen LogP contribution in [0.1, 0.15) is 0 Å². The van der Waals surface area contributed by atoms with E-state index < -0.39 is 31.1 Å². The van der Waals surface area contributed by atoms with E-state index in [2.05, 4.69) is 20.9 Å². The number of halogens is 3. The van der Waals surface area contributed by atoms with E-state index in [0.717, 1.165) is 0 Å². The Bertz CT molecular complexity index is 230. The van der Waals surface area contributed by atoms with Crippen LogP contribution in [0, 0.1) is 0 Å². The minimum atomic E-state index is -4.87. The molecule has 0 fully saturated rings. The quantitative estimate of drug-likeness (QED) is 0.698. The standard InChI is InChI=1S/C5H7F3N2O4/c6-5(7,8)2(14-4(10)12)1-13-3(9)11/h2H,1H2,(H2,9,11)(H2,10,12). The molecule has 0 aliphatic rings. The van der Waals surface area contributed by atoms with Gasteiger partial charge < -0.3 is 20.9 Å². The number of carbonyl (C=O) groups excluding carboxylic acids is 2. The van der Waals surface area contributed by atoms with Crippen LogP contribution in [0.4, 0.5) is 22.8 Å². The molecule has 9 heteroatoms.